The van der Waals surface area contributed by atoms with Gasteiger partial charge in [-0.05, 0) is 29.3 Å². The minimum absolute atomic E-state index is 0.437. The van der Waals surface area contributed by atoms with Crippen LogP contribution in [0, 0.1) is 0 Å². The molecule has 26 heavy (non-hydrogen) atoms. The summed E-state index contributed by atoms with van der Waals surface area (Å²) in [5.74, 6) is 1.35. The van der Waals surface area contributed by atoms with Crippen molar-refractivity contribution >= 4 is 6.21 Å². The van der Waals surface area contributed by atoms with E-state index in [1.165, 1.54) is 0 Å². The van der Waals surface area contributed by atoms with Crippen molar-refractivity contribution in [1.29, 1.82) is 0 Å². The number of rotatable bonds is 8. The van der Waals surface area contributed by atoms with Crippen LogP contribution in [0.3, 0.4) is 0 Å². The smallest absolute Gasteiger partial charge is 0.161 e. The monoisotopic (exact) mass is 347 g/mol. The van der Waals surface area contributed by atoms with E-state index in [-0.39, 0.29) is 0 Å². The molecule has 0 aromatic heterocycles. The van der Waals surface area contributed by atoms with Crippen molar-refractivity contribution in [3.05, 3.63) is 95.6 Å². The molecule has 0 fully saturated rings. The molecule has 0 radical (unpaired) electrons. The van der Waals surface area contributed by atoms with Crippen LogP contribution in [0.15, 0.2) is 84.0 Å². The molecule has 132 valence electrons. The summed E-state index contributed by atoms with van der Waals surface area (Å²) in [7, 11) is 1.62. The van der Waals surface area contributed by atoms with Crippen LogP contribution >= 0.6 is 0 Å². The van der Waals surface area contributed by atoms with Crippen molar-refractivity contribution in [1.82, 2.24) is 0 Å². The predicted octanol–water partition coefficient (Wildman–Crippen LogP) is 4.82. The quantitative estimate of drug-likeness (QED) is 0.433. The minimum Gasteiger partial charge on any atom is -0.493 e. The first-order valence-electron chi connectivity index (χ1n) is 8.39. The molecule has 4 nitrogen and oxygen atoms in total. The molecule has 0 aliphatic heterocycles. The van der Waals surface area contributed by atoms with Gasteiger partial charge in [-0.1, -0.05) is 65.8 Å². The lowest BCUT2D eigenvalue weighted by atomic mass is 10.2. The lowest BCUT2D eigenvalue weighted by Crippen LogP contribution is -1.98. The van der Waals surface area contributed by atoms with E-state index in [2.05, 4.69) is 5.16 Å². The zero-order valence-corrected chi connectivity index (χ0v) is 14.7. The standard InChI is InChI=1S/C22H21NO3/c1-24-22-14-20(15-23-26-17-19-10-6-3-7-11-19)12-13-21(22)25-16-18-8-4-2-5-9-18/h2-15H,16-17H2,1H3/b23-15+. The Balaban J connectivity index is 1.58. The fourth-order valence-electron chi connectivity index (χ4n) is 2.40. The fraction of sp³-hybridized carbons (Fsp3) is 0.136. The molecule has 0 aliphatic rings. The molecule has 0 saturated carbocycles. The van der Waals surface area contributed by atoms with E-state index in [9.17, 15) is 0 Å². The minimum atomic E-state index is 0.437. The van der Waals surface area contributed by atoms with Crippen LogP contribution in [0.4, 0.5) is 0 Å². The van der Waals surface area contributed by atoms with Crippen molar-refractivity contribution < 1.29 is 14.3 Å². The Bertz CT molecular complexity index is 833. The number of hydrogen-bond donors (Lipinski definition) is 0. The summed E-state index contributed by atoms with van der Waals surface area (Å²) in [4.78, 5) is 5.33. The number of methoxy groups -OCH3 is 1. The Morgan fingerprint density at radius 3 is 2.08 bits per heavy atom. The average molecular weight is 347 g/mol. The summed E-state index contributed by atoms with van der Waals surface area (Å²) in [6.45, 7) is 0.928. The van der Waals surface area contributed by atoms with Crippen LogP contribution in [0.5, 0.6) is 11.5 Å². The maximum atomic E-state index is 5.85. The van der Waals surface area contributed by atoms with Crippen molar-refractivity contribution in [2.45, 2.75) is 13.2 Å². The first kappa shape index (κ1) is 17.5. The van der Waals surface area contributed by atoms with Gasteiger partial charge in [0.2, 0.25) is 0 Å². The van der Waals surface area contributed by atoms with Gasteiger partial charge in [0.15, 0.2) is 11.5 Å². The van der Waals surface area contributed by atoms with Crippen LogP contribution in [-0.2, 0) is 18.1 Å². The topological polar surface area (TPSA) is 40.0 Å². The van der Waals surface area contributed by atoms with Gasteiger partial charge in [0.25, 0.3) is 0 Å². The average Bonchev–Trinajstić information content (AvgIpc) is 2.71. The van der Waals surface area contributed by atoms with Gasteiger partial charge in [0.1, 0.15) is 13.2 Å². The second kappa shape index (κ2) is 9.28. The van der Waals surface area contributed by atoms with Gasteiger partial charge in [-0.25, -0.2) is 0 Å². The summed E-state index contributed by atoms with van der Waals surface area (Å²) in [5, 5.41) is 4.01. The molecule has 0 aliphatic carbocycles. The molecule has 0 N–H and O–H groups in total. The first-order valence-corrected chi connectivity index (χ1v) is 8.39. The molecule has 0 bridgehead atoms. The van der Waals surface area contributed by atoms with Crippen molar-refractivity contribution in [2.24, 2.45) is 5.16 Å². The largest absolute Gasteiger partial charge is 0.493 e. The lowest BCUT2D eigenvalue weighted by Gasteiger charge is -2.11. The van der Waals surface area contributed by atoms with E-state index >= 15 is 0 Å². The van der Waals surface area contributed by atoms with Crippen molar-refractivity contribution in [3.63, 3.8) is 0 Å². The normalized spacial score (nSPS) is 10.7. The van der Waals surface area contributed by atoms with Gasteiger partial charge in [-0.2, -0.15) is 0 Å². The zero-order chi connectivity index (χ0) is 18.0. The Morgan fingerprint density at radius 1 is 0.769 bits per heavy atom. The van der Waals surface area contributed by atoms with Gasteiger partial charge >= 0.3 is 0 Å². The molecule has 3 aromatic carbocycles. The van der Waals surface area contributed by atoms with E-state index in [1.54, 1.807) is 13.3 Å². The molecular formula is C22H21NO3. The van der Waals surface area contributed by atoms with E-state index in [0.717, 1.165) is 16.7 Å². The summed E-state index contributed by atoms with van der Waals surface area (Å²) in [5.41, 5.74) is 3.06. The Kier molecular flexibility index (Phi) is 6.26. The second-order valence-corrected chi connectivity index (χ2v) is 5.68. The Labute approximate surface area is 153 Å². The van der Waals surface area contributed by atoms with E-state index < -0.39 is 0 Å². The third-order valence-electron chi connectivity index (χ3n) is 3.78. The van der Waals surface area contributed by atoms with Crippen LogP contribution in [0.25, 0.3) is 0 Å². The highest BCUT2D eigenvalue weighted by Crippen LogP contribution is 2.28. The zero-order valence-electron chi connectivity index (χ0n) is 14.7. The van der Waals surface area contributed by atoms with Gasteiger partial charge in [-0.3, -0.25) is 0 Å². The number of benzene rings is 3. The summed E-state index contributed by atoms with van der Waals surface area (Å²) >= 11 is 0. The van der Waals surface area contributed by atoms with Crippen LogP contribution in [0.2, 0.25) is 0 Å². The molecule has 3 rings (SSSR count). The highest BCUT2D eigenvalue weighted by Gasteiger charge is 2.05. The first-order chi connectivity index (χ1) is 12.8. The molecular weight excluding hydrogens is 326 g/mol. The number of oxime groups is 1. The van der Waals surface area contributed by atoms with Gasteiger partial charge in [0.05, 0.1) is 13.3 Å². The molecule has 0 spiro atoms. The summed E-state index contributed by atoms with van der Waals surface area (Å²) in [6, 6.07) is 25.6. The molecule has 0 atom stereocenters. The Hall–Kier alpha value is -3.27. The van der Waals surface area contributed by atoms with E-state index in [4.69, 9.17) is 14.3 Å². The lowest BCUT2D eigenvalue weighted by molar-refractivity contribution is 0.132. The molecule has 0 heterocycles. The second-order valence-electron chi connectivity index (χ2n) is 5.68. The van der Waals surface area contributed by atoms with Gasteiger partial charge in [-0.15, -0.1) is 0 Å². The SMILES string of the molecule is COc1cc(/C=N/OCc2ccccc2)ccc1OCc1ccccc1. The maximum Gasteiger partial charge on any atom is 0.161 e. The van der Waals surface area contributed by atoms with Crippen LogP contribution < -0.4 is 9.47 Å². The number of ether oxygens (including phenoxy) is 2. The van der Waals surface area contributed by atoms with E-state index in [1.807, 2.05) is 78.9 Å². The molecule has 0 amide bonds. The molecule has 3 aromatic rings. The molecule has 4 heteroatoms. The van der Waals surface area contributed by atoms with Crippen molar-refractivity contribution in [3.8, 4) is 11.5 Å². The molecule has 0 saturated heterocycles. The van der Waals surface area contributed by atoms with Crippen LogP contribution in [-0.4, -0.2) is 13.3 Å². The summed E-state index contributed by atoms with van der Waals surface area (Å²) < 4.78 is 11.3. The highest BCUT2D eigenvalue weighted by atomic mass is 16.6. The Morgan fingerprint density at radius 2 is 1.42 bits per heavy atom. The predicted molar refractivity (Wildman–Crippen MR) is 103 cm³/mol. The highest BCUT2D eigenvalue weighted by molar-refractivity contribution is 5.80. The molecule has 0 unspecified atom stereocenters. The summed E-state index contributed by atoms with van der Waals surface area (Å²) in [6.07, 6.45) is 1.66. The van der Waals surface area contributed by atoms with Crippen LogP contribution in [0.1, 0.15) is 16.7 Å². The fourth-order valence-corrected chi connectivity index (χ4v) is 2.40. The third-order valence-corrected chi connectivity index (χ3v) is 3.78. The van der Waals surface area contributed by atoms with E-state index in [0.29, 0.717) is 24.7 Å². The van der Waals surface area contributed by atoms with Gasteiger partial charge < -0.3 is 14.3 Å². The maximum absolute atomic E-state index is 5.85. The number of hydrogen-bond acceptors (Lipinski definition) is 4. The third kappa shape index (κ3) is 5.11. The van der Waals surface area contributed by atoms with Gasteiger partial charge in [0, 0.05) is 5.56 Å². The number of nitrogens with zero attached hydrogens (tertiary/aromatic N) is 1. The van der Waals surface area contributed by atoms with Crippen molar-refractivity contribution in [2.75, 3.05) is 7.11 Å².